The molecule has 2 rings (SSSR count). The van der Waals surface area contributed by atoms with Crippen molar-refractivity contribution in [1.29, 1.82) is 0 Å². The maximum Gasteiger partial charge on any atom is 0.401 e. The van der Waals surface area contributed by atoms with Crippen LogP contribution in [-0.4, -0.2) is 56.3 Å². The van der Waals surface area contributed by atoms with Crippen LogP contribution in [0.1, 0.15) is 23.1 Å². The van der Waals surface area contributed by atoms with Crippen molar-refractivity contribution >= 4 is 5.96 Å². The molecule has 0 aromatic heterocycles. The third-order valence-corrected chi connectivity index (χ3v) is 4.42. The second-order valence-electron chi connectivity index (χ2n) is 6.66. The molecule has 1 aliphatic rings. The van der Waals surface area contributed by atoms with Gasteiger partial charge in [0.15, 0.2) is 5.96 Å². The molecule has 7 heteroatoms. The number of guanidine groups is 1. The molecule has 2 N–H and O–H groups in total. The van der Waals surface area contributed by atoms with E-state index < -0.39 is 12.7 Å². The van der Waals surface area contributed by atoms with E-state index in [4.69, 9.17) is 0 Å². The lowest BCUT2D eigenvalue weighted by atomic mass is 10.0. The SMILES string of the molecule is CN=C(NCCc1ccc(C)cc1C)NC1CCN(CC(F)(F)F)C1. The predicted molar refractivity (Wildman–Crippen MR) is 95.0 cm³/mol. The Balaban J connectivity index is 1.76. The van der Waals surface area contributed by atoms with Gasteiger partial charge in [0.2, 0.25) is 0 Å². The fraction of sp³-hybridized carbons (Fsp3) is 0.611. The molecule has 1 aromatic rings. The van der Waals surface area contributed by atoms with Gasteiger partial charge in [0.05, 0.1) is 6.54 Å². The van der Waals surface area contributed by atoms with E-state index in [1.807, 2.05) is 0 Å². The summed E-state index contributed by atoms with van der Waals surface area (Å²) in [5.41, 5.74) is 3.80. The summed E-state index contributed by atoms with van der Waals surface area (Å²) in [6.45, 7) is 4.90. The molecule has 25 heavy (non-hydrogen) atoms. The van der Waals surface area contributed by atoms with Crippen molar-refractivity contribution in [1.82, 2.24) is 15.5 Å². The first-order valence-corrected chi connectivity index (χ1v) is 8.59. The molecule has 1 heterocycles. The Labute approximate surface area is 147 Å². The van der Waals surface area contributed by atoms with E-state index in [-0.39, 0.29) is 6.04 Å². The van der Waals surface area contributed by atoms with E-state index in [1.54, 1.807) is 7.05 Å². The standard InChI is InChI=1S/C18H27F3N4/c1-13-4-5-15(14(2)10-13)6-8-23-17(22-3)24-16-7-9-25(11-16)12-18(19,20)21/h4-5,10,16H,6-9,11-12H2,1-3H3,(H2,22,23,24). The number of nitrogens with one attached hydrogen (secondary N) is 2. The highest BCUT2D eigenvalue weighted by molar-refractivity contribution is 5.80. The molecule has 1 saturated heterocycles. The number of aryl methyl sites for hydroxylation is 2. The van der Waals surface area contributed by atoms with Gasteiger partial charge in [0.25, 0.3) is 0 Å². The van der Waals surface area contributed by atoms with Crippen molar-refractivity contribution in [2.45, 2.75) is 38.9 Å². The van der Waals surface area contributed by atoms with E-state index >= 15 is 0 Å². The normalized spacial score (nSPS) is 19.3. The summed E-state index contributed by atoms with van der Waals surface area (Å²) in [6.07, 6.45) is -2.58. The third kappa shape index (κ3) is 6.57. The number of hydrogen-bond acceptors (Lipinski definition) is 2. The van der Waals surface area contributed by atoms with Gasteiger partial charge in [-0.15, -0.1) is 0 Å². The fourth-order valence-corrected chi connectivity index (χ4v) is 3.18. The Morgan fingerprint density at radius 3 is 2.72 bits per heavy atom. The Bertz CT molecular complexity index is 598. The molecule has 1 aromatic carbocycles. The summed E-state index contributed by atoms with van der Waals surface area (Å²) in [4.78, 5) is 5.60. The predicted octanol–water partition coefficient (Wildman–Crippen LogP) is 2.65. The smallest absolute Gasteiger partial charge is 0.356 e. The molecule has 0 aliphatic carbocycles. The summed E-state index contributed by atoms with van der Waals surface area (Å²) in [5.74, 6) is 0.642. The largest absolute Gasteiger partial charge is 0.401 e. The number of hydrogen-bond donors (Lipinski definition) is 2. The molecular weight excluding hydrogens is 329 g/mol. The molecule has 0 spiro atoms. The van der Waals surface area contributed by atoms with Crippen LogP contribution in [0.15, 0.2) is 23.2 Å². The maximum atomic E-state index is 12.5. The summed E-state index contributed by atoms with van der Waals surface area (Å²) in [6, 6.07) is 6.39. The number of aliphatic imine (C=N–C) groups is 1. The molecule has 1 unspecified atom stereocenters. The number of benzene rings is 1. The zero-order valence-corrected chi connectivity index (χ0v) is 15.1. The summed E-state index contributed by atoms with van der Waals surface area (Å²) >= 11 is 0. The van der Waals surface area contributed by atoms with E-state index in [9.17, 15) is 13.2 Å². The topological polar surface area (TPSA) is 39.7 Å². The van der Waals surface area contributed by atoms with Crippen LogP contribution < -0.4 is 10.6 Å². The second kappa shape index (κ2) is 8.56. The molecule has 140 valence electrons. The molecule has 1 fully saturated rings. The number of rotatable bonds is 5. The first kappa shape index (κ1) is 19.6. The Hall–Kier alpha value is -1.76. The lowest BCUT2D eigenvalue weighted by molar-refractivity contribution is -0.143. The van der Waals surface area contributed by atoms with Gasteiger partial charge in [-0.3, -0.25) is 9.89 Å². The summed E-state index contributed by atoms with van der Waals surface area (Å²) in [7, 11) is 1.68. The van der Waals surface area contributed by atoms with Crippen LogP contribution in [0, 0.1) is 13.8 Å². The highest BCUT2D eigenvalue weighted by atomic mass is 19.4. The van der Waals surface area contributed by atoms with Crippen LogP contribution in [0.25, 0.3) is 0 Å². The molecule has 0 amide bonds. The second-order valence-corrected chi connectivity index (χ2v) is 6.66. The summed E-state index contributed by atoms with van der Waals surface area (Å²) in [5, 5.41) is 6.47. The van der Waals surface area contributed by atoms with Crippen molar-refractivity contribution in [2.24, 2.45) is 4.99 Å². The lowest BCUT2D eigenvalue weighted by Crippen LogP contribution is -2.45. The van der Waals surface area contributed by atoms with Crippen molar-refractivity contribution < 1.29 is 13.2 Å². The van der Waals surface area contributed by atoms with E-state index in [2.05, 4.69) is 47.7 Å². The Kier molecular flexibility index (Phi) is 6.70. The van der Waals surface area contributed by atoms with E-state index in [1.165, 1.54) is 21.6 Å². The van der Waals surface area contributed by atoms with E-state index in [0.29, 0.717) is 25.5 Å². The van der Waals surface area contributed by atoms with Crippen LogP contribution in [0.4, 0.5) is 13.2 Å². The highest BCUT2D eigenvalue weighted by Crippen LogP contribution is 2.19. The Morgan fingerprint density at radius 2 is 2.08 bits per heavy atom. The van der Waals surface area contributed by atoms with Crippen molar-refractivity contribution in [3.05, 3.63) is 34.9 Å². The van der Waals surface area contributed by atoms with Crippen LogP contribution in [-0.2, 0) is 6.42 Å². The Morgan fingerprint density at radius 1 is 1.32 bits per heavy atom. The van der Waals surface area contributed by atoms with Crippen LogP contribution in [0.3, 0.4) is 0 Å². The summed E-state index contributed by atoms with van der Waals surface area (Å²) < 4.78 is 37.4. The van der Waals surface area contributed by atoms with Crippen molar-refractivity contribution in [3.8, 4) is 0 Å². The fourth-order valence-electron chi connectivity index (χ4n) is 3.18. The lowest BCUT2D eigenvalue weighted by Gasteiger charge is -2.20. The molecule has 0 saturated carbocycles. The van der Waals surface area contributed by atoms with Gasteiger partial charge >= 0.3 is 6.18 Å². The van der Waals surface area contributed by atoms with Gasteiger partial charge < -0.3 is 10.6 Å². The molecule has 1 aliphatic heterocycles. The molecule has 0 bridgehead atoms. The quantitative estimate of drug-likeness (QED) is 0.629. The van der Waals surface area contributed by atoms with E-state index in [0.717, 1.165) is 13.0 Å². The van der Waals surface area contributed by atoms with Crippen molar-refractivity contribution in [3.63, 3.8) is 0 Å². The zero-order valence-electron chi connectivity index (χ0n) is 15.1. The van der Waals surface area contributed by atoms with Crippen LogP contribution in [0.5, 0.6) is 0 Å². The minimum absolute atomic E-state index is 0.00494. The van der Waals surface area contributed by atoms with Gasteiger partial charge in [0.1, 0.15) is 0 Å². The number of alkyl halides is 3. The van der Waals surface area contributed by atoms with Gasteiger partial charge in [-0.05, 0) is 37.8 Å². The van der Waals surface area contributed by atoms with Crippen LogP contribution in [0.2, 0.25) is 0 Å². The molecule has 1 atom stereocenters. The number of halogens is 3. The average Bonchev–Trinajstić information content (AvgIpc) is 2.93. The average molecular weight is 356 g/mol. The highest BCUT2D eigenvalue weighted by Gasteiger charge is 2.34. The molecule has 4 nitrogen and oxygen atoms in total. The minimum atomic E-state index is -4.14. The first-order valence-electron chi connectivity index (χ1n) is 8.59. The molecule has 0 radical (unpaired) electrons. The van der Waals surface area contributed by atoms with Gasteiger partial charge in [-0.2, -0.15) is 13.2 Å². The zero-order chi connectivity index (χ0) is 18.4. The maximum absolute atomic E-state index is 12.5. The molecular formula is C18H27F3N4. The third-order valence-electron chi connectivity index (χ3n) is 4.42. The minimum Gasteiger partial charge on any atom is -0.356 e. The monoisotopic (exact) mass is 356 g/mol. The van der Waals surface area contributed by atoms with Crippen molar-refractivity contribution in [2.75, 3.05) is 33.2 Å². The first-order chi connectivity index (χ1) is 11.8. The number of nitrogens with zero attached hydrogens (tertiary/aromatic N) is 2. The van der Waals surface area contributed by atoms with Crippen LogP contribution >= 0.6 is 0 Å². The van der Waals surface area contributed by atoms with Gasteiger partial charge in [-0.25, -0.2) is 0 Å². The van der Waals surface area contributed by atoms with Gasteiger partial charge in [0, 0.05) is 32.7 Å². The number of likely N-dealkylation sites (tertiary alicyclic amines) is 1. The van der Waals surface area contributed by atoms with Gasteiger partial charge in [-0.1, -0.05) is 23.8 Å².